The molecule has 1 fully saturated rings. The summed E-state index contributed by atoms with van der Waals surface area (Å²) in [6.07, 6.45) is -3.51. The average molecular weight is 287 g/mol. The van der Waals surface area contributed by atoms with Gasteiger partial charge in [-0.25, -0.2) is 4.98 Å². The minimum Gasteiger partial charge on any atom is -0.365 e. The number of amides is 1. The van der Waals surface area contributed by atoms with Gasteiger partial charge in [-0.05, 0) is 30.4 Å². The summed E-state index contributed by atoms with van der Waals surface area (Å²) in [4.78, 5) is 16.5. The number of aromatic nitrogens is 1. The van der Waals surface area contributed by atoms with Gasteiger partial charge in [-0.2, -0.15) is 13.2 Å². The van der Waals surface area contributed by atoms with Crippen LogP contribution >= 0.6 is 0 Å². The zero-order chi connectivity index (χ0) is 15.1. The zero-order valence-corrected chi connectivity index (χ0v) is 11.2. The number of nitrogens with two attached hydrogens (primary N) is 1. The Labute approximate surface area is 114 Å². The van der Waals surface area contributed by atoms with Gasteiger partial charge in [0.25, 0.3) is 5.91 Å². The molecular formula is C13H16F3N3O. The van der Waals surface area contributed by atoms with Crippen molar-refractivity contribution >= 4 is 11.7 Å². The molecule has 20 heavy (non-hydrogen) atoms. The second-order valence-corrected chi connectivity index (χ2v) is 5.28. The summed E-state index contributed by atoms with van der Waals surface area (Å²) in [5, 5.41) is 0. The molecule has 0 saturated heterocycles. The molecule has 1 heterocycles. The quantitative estimate of drug-likeness (QED) is 0.924. The first-order valence-corrected chi connectivity index (χ1v) is 6.29. The van der Waals surface area contributed by atoms with Crippen molar-refractivity contribution in [3.05, 3.63) is 23.4 Å². The minimum atomic E-state index is -4.54. The van der Waals surface area contributed by atoms with Gasteiger partial charge >= 0.3 is 6.18 Å². The molecule has 1 aliphatic carbocycles. The van der Waals surface area contributed by atoms with Crippen LogP contribution in [0.1, 0.15) is 29.4 Å². The molecule has 4 nitrogen and oxygen atoms in total. The monoisotopic (exact) mass is 287 g/mol. The number of hydrogen-bond donors (Lipinski definition) is 1. The fraction of sp³-hybridized carbons (Fsp3) is 0.538. The summed E-state index contributed by atoms with van der Waals surface area (Å²) in [6, 6.07) is 1.86. The van der Waals surface area contributed by atoms with Gasteiger partial charge in [-0.1, -0.05) is 6.92 Å². The lowest BCUT2D eigenvalue weighted by Gasteiger charge is -2.21. The van der Waals surface area contributed by atoms with Crippen LogP contribution in [0.4, 0.5) is 19.0 Å². The van der Waals surface area contributed by atoms with Crippen LogP contribution < -0.4 is 10.6 Å². The predicted octanol–water partition coefficient (Wildman–Crippen LogP) is 2.29. The Bertz CT molecular complexity index is 530. The molecule has 2 atom stereocenters. The van der Waals surface area contributed by atoms with E-state index in [-0.39, 0.29) is 11.4 Å². The summed E-state index contributed by atoms with van der Waals surface area (Å²) in [5.74, 6) is 0.195. The third-order valence-corrected chi connectivity index (χ3v) is 3.58. The molecule has 0 radical (unpaired) electrons. The molecule has 1 aromatic heterocycles. The van der Waals surface area contributed by atoms with Crippen molar-refractivity contribution in [1.82, 2.24) is 4.98 Å². The first-order valence-electron chi connectivity index (χ1n) is 6.29. The Morgan fingerprint density at radius 2 is 2.10 bits per heavy atom. The number of nitrogens with zero attached hydrogens (tertiary/aromatic N) is 2. The molecule has 1 aromatic rings. The topological polar surface area (TPSA) is 59.2 Å². The number of pyridine rings is 1. The van der Waals surface area contributed by atoms with E-state index in [1.165, 1.54) is 0 Å². The lowest BCUT2D eigenvalue weighted by Crippen LogP contribution is -2.27. The van der Waals surface area contributed by atoms with E-state index in [4.69, 9.17) is 5.73 Å². The summed E-state index contributed by atoms with van der Waals surface area (Å²) in [6.45, 7) is 2.64. The smallest absolute Gasteiger partial charge is 0.365 e. The molecule has 0 aliphatic heterocycles. The van der Waals surface area contributed by atoms with Gasteiger partial charge < -0.3 is 10.6 Å². The molecule has 2 rings (SSSR count). The number of carbonyl (C=O) groups excluding carboxylic acids is 1. The van der Waals surface area contributed by atoms with Crippen molar-refractivity contribution in [3.63, 3.8) is 0 Å². The largest absolute Gasteiger partial charge is 0.433 e. The predicted molar refractivity (Wildman–Crippen MR) is 68.3 cm³/mol. The normalized spacial score (nSPS) is 21.6. The highest BCUT2D eigenvalue weighted by Gasteiger charge is 2.36. The van der Waals surface area contributed by atoms with Gasteiger partial charge in [0.15, 0.2) is 0 Å². The van der Waals surface area contributed by atoms with Crippen LogP contribution in [-0.2, 0) is 6.18 Å². The molecule has 7 heteroatoms. The summed E-state index contributed by atoms with van der Waals surface area (Å²) in [7, 11) is 1.62. The molecule has 2 N–H and O–H groups in total. The van der Waals surface area contributed by atoms with Gasteiger partial charge in [-0.15, -0.1) is 0 Å². The van der Waals surface area contributed by atoms with E-state index in [2.05, 4.69) is 11.9 Å². The maximum Gasteiger partial charge on any atom is 0.433 e. The van der Waals surface area contributed by atoms with E-state index in [1.54, 1.807) is 11.9 Å². The van der Waals surface area contributed by atoms with Gasteiger partial charge in [0.05, 0.1) is 5.56 Å². The third-order valence-electron chi connectivity index (χ3n) is 3.58. The summed E-state index contributed by atoms with van der Waals surface area (Å²) < 4.78 is 38.1. The van der Waals surface area contributed by atoms with Gasteiger partial charge in [0.1, 0.15) is 11.5 Å². The van der Waals surface area contributed by atoms with E-state index >= 15 is 0 Å². The summed E-state index contributed by atoms with van der Waals surface area (Å²) in [5.41, 5.74) is 4.19. The Kier molecular flexibility index (Phi) is 3.62. The highest BCUT2D eigenvalue weighted by molar-refractivity contribution is 5.97. The highest BCUT2D eigenvalue weighted by Crippen LogP contribution is 2.39. The van der Waals surface area contributed by atoms with Crippen molar-refractivity contribution in [2.24, 2.45) is 17.6 Å². The number of alkyl halides is 3. The second-order valence-electron chi connectivity index (χ2n) is 5.28. The second kappa shape index (κ2) is 4.96. The van der Waals surface area contributed by atoms with Crippen molar-refractivity contribution in [3.8, 4) is 0 Å². The number of primary amides is 1. The van der Waals surface area contributed by atoms with E-state index in [9.17, 15) is 18.0 Å². The fourth-order valence-corrected chi connectivity index (χ4v) is 2.18. The number of rotatable bonds is 4. The van der Waals surface area contributed by atoms with Crippen molar-refractivity contribution in [1.29, 1.82) is 0 Å². The van der Waals surface area contributed by atoms with Crippen LogP contribution in [0.5, 0.6) is 0 Å². The first kappa shape index (κ1) is 14.6. The third kappa shape index (κ3) is 3.02. The summed E-state index contributed by atoms with van der Waals surface area (Å²) >= 11 is 0. The van der Waals surface area contributed by atoms with Gasteiger partial charge in [-0.3, -0.25) is 4.79 Å². The van der Waals surface area contributed by atoms with Crippen molar-refractivity contribution in [2.45, 2.75) is 19.5 Å². The Morgan fingerprint density at radius 3 is 2.55 bits per heavy atom. The standard InChI is InChI=1S/C13H16F3N3O/c1-7-5-8(7)6-19(2)12-9(11(17)20)3-4-10(18-12)13(14,15)16/h3-4,7-8H,5-6H2,1-2H3,(H2,17,20). The lowest BCUT2D eigenvalue weighted by molar-refractivity contribution is -0.141. The first-order chi connectivity index (χ1) is 9.20. The van der Waals surface area contributed by atoms with Gasteiger partial charge in [0.2, 0.25) is 0 Å². The van der Waals surface area contributed by atoms with Crippen LogP contribution in [0.2, 0.25) is 0 Å². The molecule has 1 saturated carbocycles. The van der Waals surface area contributed by atoms with Gasteiger partial charge in [0, 0.05) is 13.6 Å². The van der Waals surface area contributed by atoms with E-state index < -0.39 is 17.8 Å². The molecule has 0 aromatic carbocycles. The molecule has 1 amide bonds. The minimum absolute atomic E-state index is 0.00794. The molecule has 0 spiro atoms. The van der Waals surface area contributed by atoms with Crippen molar-refractivity contribution in [2.75, 3.05) is 18.5 Å². The number of halogens is 3. The average Bonchev–Trinajstić information content (AvgIpc) is 3.02. The Balaban J connectivity index is 2.33. The number of hydrogen-bond acceptors (Lipinski definition) is 3. The molecule has 2 unspecified atom stereocenters. The molecule has 1 aliphatic rings. The highest BCUT2D eigenvalue weighted by atomic mass is 19.4. The molecule has 110 valence electrons. The van der Waals surface area contributed by atoms with E-state index in [0.29, 0.717) is 18.4 Å². The van der Waals surface area contributed by atoms with Crippen LogP contribution in [0.15, 0.2) is 12.1 Å². The Morgan fingerprint density at radius 1 is 1.50 bits per heavy atom. The molecule has 0 bridgehead atoms. The number of carbonyl (C=O) groups is 1. The van der Waals surface area contributed by atoms with Crippen LogP contribution in [-0.4, -0.2) is 24.5 Å². The van der Waals surface area contributed by atoms with E-state index in [1.807, 2.05) is 0 Å². The van der Waals surface area contributed by atoms with Crippen molar-refractivity contribution < 1.29 is 18.0 Å². The zero-order valence-electron chi connectivity index (χ0n) is 11.2. The van der Waals surface area contributed by atoms with Crippen LogP contribution in [0, 0.1) is 11.8 Å². The maximum absolute atomic E-state index is 12.7. The van der Waals surface area contributed by atoms with E-state index in [0.717, 1.165) is 18.6 Å². The maximum atomic E-state index is 12.7. The SMILES string of the molecule is CC1CC1CN(C)c1nc(C(F)(F)F)ccc1C(N)=O. The fourth-order valence-electron chi connectivity index (χ4n) is 2.18. The van der Waals surface area contributed by atoms with Crippen LogP contribution in [0.25, 0.3) is 0 Å². The van der Waals surface area contributed by atoms with Crippen LogP contribution in [0.3, 0.4) is 0 Å². The number of anilines is 1. The lowest BCUT2D eigenvalue weighted by atomic mass is 10.2. The molecular weight excluding hydrogens is 271 g/mol. The Hall–Kier alpha value is -1.79.